The Balaban J connectivity index is 0.00000192. The van der Waals surface area contributed by atoms with E-state index in [1.165, 1.54) is 19.3 Å². The summed E-state index contributed by atoms with van der Waals surface area (Å²) in [7, 11) is 1.93. The van der Waals surface area contributed by atoms with Crippen LogP contribution in [0.4, 0.5) is 0 Å². The molecule has 0 aliphatic heterocycles. The van der Waals surface area contributed by atoms with Gasteiger partial charge in [-0.15, -0.1) is 12.4 Å². The van der Waals surface area contributed by atoms with Crippen LogP contribution in [0.25, 0.3) is 0 Å². The maximum absolute atomic E-state index is 12.7. The Bertz CT molecular complexity index is 545. The summed E-state index contributed by atoms with van der Waals surface area (Å²) in [6, 6.07) is 0.326. The molecule has 3 unspecified atom stereocenters. The van der Waals surface area contributed by atoms with E-state index in [1.807, 2.05) is 31.8 Å². The van der Waals surface area contributed by atoms with Crippen LogP contribution in [0.3, 0.4) is 0 Å². The van der Waals surface area contributed by atoms with Gasteiger partial charge in [0.1, 0.15) is 0 Å². The highest BCUT2D eigenvalue weighted by atomic mass is 35.5. The SMILES string of the molecule is Cc1c(C(C)NC(=O)C2CC3CCCC(C2)C3N)cnn1C.Cl. The average Bonchev–Trinajstić information content (AvgIpc) is 2.78. The minimum Gasteiger partial charge on any atom is -0.349 e. The number of nitrogens with two attached hydrogens (primary N) is 1. The van der Waals surface area contributed by atoms with Gasteiger partial charge in [-0.2, -0.15) is 5.10 Å². The maximum Gasteiger partial charge on any atom is 0.223 e. The number of aryl methyl sites for hydroxylation is 1. The fourth-order valence-corrected chi connectivity index (χ4v) is 4.35. The van der Waals surface area contributed by atoms with Gasteiger partial charge in [-0.05, 0) is 51.4 Å². The van der Waals surface area contributed by atoms with E-state index in [-0.39, 0.29) is 30.3 Å². The van der Waals surface area contributed by atoms with E-state index in [1.54, 1.807) is 0 Å². The van der Waals surface area contributed by atoms with Gasteiger partial charge >= 0.3 is 0 Å². The Morgan fingerprint density at radius 3 is 2.52 bits per heavy atom. The number of rotatable bonds is 3. The third kappa shape index (κ3) is 3.56. The van der Waals surface area contributed by atoms with Crippen molar-refractivity contribution in [3.8, 4) is 0 Å². The first-order valence-electron chi connectivity index (χ1n) is 8.51. The van der Waals surface area contributed by atoms with Crippen LogP contribution in [0, 0.1) is 24.7 Å². The summed E-state index contributed by atoms with van der Waals surface area (Å²) in [5.41, 5.74) is 8.53. The molecule has 2 saturated carbocycles. The van der Waals surface area contributed by atoms with Crippen molar-refractivity contribution in [2.75, 3.05) is 0 Å². The second-order valence-electron chi connectivity index (χ2n) is 7.24. The first-order valence-corrected chi connectivity index (χ1v) is 8.51. The third-order valence-corrected chi connectivity index (χ3v) is 5.88. The number of aromatic nitrogens is 2. The summed E-state index contributed by atoms with van der Waals surface area (Å²) in [4.78, 5) is 12.7. The van der Waals surface area contributed by atoms with Crippen LogP contribution < -0.4 is 11.1 Å². The number of hydrogen-bond acceptors (Lipinski definition) is 3. The molecule has 0 spiro atoms. The molecule has 1 amide bonds. The van der Waals surface area contributed by atoms with Crippen molar-refractivity contribution in [3.63, 3.8) is 0 Å². The molecule has 0 aromatic carbocycles. The highest BCUT2D eigenvalue weighted by molar-refractivity contribution is 5.85. The summed E-state index contributed by atoms with van der Waals surface area (Å²) < 4.78 is 1.85. The van der Waals surface area contributed by atoms with Gasteiger partial charge in [0.05, 0.1) is 12.2 Å². The summed E-state index contributed by atoms with van der Waals surface area (Å²) >= 11 is 0. The minimum absolute atomic E-state index is 0. The second-order valence-corrected chi connectivity index (χ2v) is 7.24. The van der Waals surface area contributed by atoms with Gasteiger partial charge in [0, 0.05) is 30.3 Å². The Kier molecular flexibility index (Phi) is 5.74. The summed E-state index contributed by atoms with van der Waals surface area (Å²) in [6.07, 6.45) is 7.44. The van der Waals surface area contributed by atoms with Crippen molar-refractivity contribution in [2.24, 2.45) is 30.5 Å². The maximum atomic E-state index is 12.7. The summed E-state index contributed by atoms with van der Waals surface area (Å²) in [6.45, 7) is 4.08. The largest absolute Gasteiger partial charge is 0.349 e. The normalized spacial score (nSPS) is 31.1. The number of amides is 1. The zero-order chi connectivity index (χ0) is 15.9. The topological polar surface area (TPSA) is 72.9 Å². The van der Waals surface area contributed by atoms with Crippen LogP contribution >= 0.6 is 12.4 Å². The zero-order valence-electron chi connectivity index (χ0n) is 14.3. The van der Waals surface area contributed by atoms with E-state index in [0.717, 1.165) is 24.1 Å². The van der Waals surface area contributed by atoms with Gasteiger partial charge in [-0.1, -0.05) is 6.42 Å². The number of fused-ring (bicyclic) bond motifs is 2. The molecule has 23 heavy (non-hydrogen) atoms. The lowest BCUT2D eigenvalue weighted by molar-refractivity contribution is -0.128. The molecule has 6 heteroatoms. The van der Waals surface area contributed by atoms with Crippen molar-refractivity contribution in [1.82, 2.24) is 15.1 Å². The number of halogens is 1. The summed E-state index contributed by atoms with van der Waals surface area (Å²) in [5, 5.41) is 7.45. The lowest BCUT2D eigenvalue weighted by Crippen LogP contribution is -2.49. The van der Waals surface area contributed by atoms with Gasteiger partial charge in [0.15, 0.2) is 0 Å². The van der Waals surface area contributed by atoms with E-state index >= 15 is 0 Å². The Morgan fingerprint density at radius 2 is 2.00 bits per heavy atom. The molecular formula is C17H29ClN4O. The fourth-order valence-electron chi connectivity index (χ4n) is 4.35. The first kappa shape index (κ1) is 18.3. The Hall–Kier alpha value is -1.07. The van der Waals surface area contributed by atoms with E-state index in [2.05, 4.69) is 10.4 Å². The molecule has 1 aromatic rings. The van der Waals surface area contributed by atoms with Crippen molar-refractivity contribution in [3.05, 3.63) is 17.5 Å². The van der Waals surface area contributed by atoms with Gasteiger partial charge in [0.25, 0.3) is 0 Å². The number of carbonyl (C=O) groups excluding carboxylic acids is 1. The molecule has 0 radical (unpaired) electrons. The molecule has 2 bridgehead atoms. The standard InChI is InChI=1S/C17H28N4O.ClH/c1-10(15-9-19-21(3)11(15)2)20-17(22)14-7-12-5-4-6-13(8-14)16(12)18;/h9-10,12-14,16H,4-8,18H2,1-3H3,(H,20,22);1H. The number of nitrogens with zero attached hydrogens (tertiary/aromatic N) is 2. The molecule has 1 aromatic heterocycles. The van der Waals surface area contributed by atoms with Gasteiger partial charge in [0.2, 0.25) is 5.91 Å². The van der Waals surface area contributed by atoms with Crippen LogP contribution in [0.5, 0.6) is 0 Å². The molecule has 5 nitrogen and oxygen atoms in total. The monoisotopic (exact) mass is 340 g/mol. The lowest BCUT2D eigenvalue weighted by atomic mass is 9.65. The summed E-state index contributed by atoms with van der Waals surface area (Å²) in [5.74, 6) is 1.41. The smallest absolute Gasteiger partial charge is 0.223 e. The van der Waals surface area contributed by atoms with Crippen LogP contribution in [0.15, 0.2) is 6.20 Å². The van der Waals surface area contributed by atoms with E-state index < -0.39 is 0 Å². The zero-order valence-corrected chi connectivity index (χ0v) is 15.1. The second kappa shape index (κ2) is 7.22. The van der Waals surface area contributed by atoms with E-state index in [4.69, 9.17) is 5.73 Å². The first-order chi connectivity index (χ1) is 10.5. The van der Waals surface area contributed by atoms with Crippen LogP contribution in [0.1, 0.15) is 56.3 Å². The fraction of sp³-hybridized carbons (Fsp3) is 0.765. The van der Waals surface area contributed by atoms with Crippen LogP contribution in [0.2, 0.25) is 0 Å². The van der Waals surface area contributed by atoms with Crippen LogP contribution in [-0.2, 0) is 11.8 Å². The molecular weight excluding hydrogens is 312 g/mol. The lowest BCUT2D eigenvalue weighted by Gasteiger charge is -2.43. The number of hydrogen-bond donors (Lipinski definition) is 2. The number of carbonyl (C=O) groups is 1. The molecule has 3 atom stereocenters. The predicted octanol–water partition coefficient (Wildman–Crippen LogP) is 2.48. The van der Waals surface area contributed by atoms with Gasteiger partial charge in [-0.3, -0.25) is 9.48 Å². The molecule has 1 heterocycles. The third-order valence-electron chi connectivity index (χ3n) is 5.88. The van der Waals surface area contributed by atoms with E-state index in [9.17, 15) is 4.79 Å². The van der Waals surface area contributed by atoms with Crippen molar-refractivity contribution in [1.29, 1.82) is 0 Å². The predicted molar refractivity (Wildman–Crippen MR) is 93.3 cm³/mol. The Labute approximate surface area is 144 Å². The average molecular weight is 341 g/mol. The van der Waals surface area contributed by atoms with Crippen LogP contribution in [-0.4, -0.2) is 21.7 Å². The molecule has 2 fully saturated rings. The molecule has 0 saturated heterocycles. The van der Waals surface area contributed by atoms with E-state index in [0.29, 0.717) is 17.9 Å². The van der Waals surface area contributed by atoms with Gasteiger partial charge < -0.3 is 11.1 Å². The van der Waals surface area contributed by atoms with Crippen molar-refractivity contribution in [2.45, 2.75) is 58.0 Å². The van der Waals surface area contributed by atoms with Crippen molar-refractivity contribution >= 4 is 18.3 Å². The molecule has 130 valence electrons. The molecule has 2 aliphatic carbocycles. The molecule has 2 aliphatic rings. The number of nitrogens with one attached hydrogen (secondary N) is 1. The Morgan fingerprint density at radius 1 is 1.39 bits per heavy atom. The van der Waals surface area contributed by atoms with Gasteiger partial charge in [-0.25, -0.2) is 0 Å². The quantitative estimate of drug-likeness (QED) is 0.887. The minimum atomic E-state index is 0. The molecule has 3 rings (SSSR count). The van der Waals surface area contributed by atoms with Crippen molar-refractivity contribution < 1.29 is 4.79 Å². The highest BCUT2D eigenvalue weighted by Crippen LogP contribution is 2.42. The molecule has 3 N–H and O–H groups in total. The highest BCUT2D eigenvalue weighted by Gasteiger charge is 2.40.